The Morgan fingerprint density at radius 3 is 2.18 bits per heavy atom. The minimum Gasteiger partial charge on any atom is -0.497 e. The lowest BCUT2D eigenvalue weighted by Crippen LogP contribution is -2.36. The molecule has 0 saturated carbocycles. The second-order valence-electron chi connectivity index (χ2n) is 7.86. The molecule has 1 N–H and O–H groups in total. The Morgan fingerprint density at radius 2 is 1.68 bits per heavy atom. The largest absolute Gasteiger partial charge is 0.497 e. The molecule has 0 aromatic heterocycles. The summed E-state index contributed by atoms with van der Waals surface area (Å²) in [5, 5.41) is 3.07. The SMILES string of the molecule is COc1cccc([C@H](NC(=O)c2ccc(S(=O)(=O)N(C)C)cc2)C(C)(C)C)c1. The molecule has 1 atom stereocenters. The van der Waals surface area contributed by atoms with E-state index in [-0.39, 0.29) is 22.3 Å². The van der Waals surface area contributed by atoms with Crippen molar-refractivity contribution in [2.75, 3.05) is 21.2 Å². The van der Waals surface area contributed by atoms with Gasteiger partial charge in [0.1, 0.15) is 5.75 Å². The highest BCUT2D eigenvalue weighted by molar-refractivity contribution is 7.89. The maximum absolute atomic E-state index is 12.8. The number of benzene rings is 2. The van der Waals surface area contributed by atoms with E-state index in [0.29, 0.717) is 5.56 Å². The number of rotatable bonds is 6. The second-order valence-corrected chi connectivity index (χ2v) is 10.0. The van der Waals surface area contributed by atoms with E-state index in [2.05, 4.69) is 5.32 Å². The number of carbonyl (C=O) groups excluding carboxylic acids is 1. The Bertz CT molecular complexity index is 930. The Kier molecular flexibility index (Phi) is 6.52. The Hall–Kier alpha value is -2.38. The van der Waals surface area contributed by atoms with Crippen LogP contribution in [0.15, 0.2) is 53.4 Å². The number of hydrogen-bond acceptors (Lipinski definition) is 4. The zero-order chi connectivity index (χ0) is 21.1. The zero-order valence-electron chi connectivity index (χ0n) is 17.2. The fraction of sp³-hybridized carbons (Fsp3) is 0.381. The number of nitrogens with zero attached hydrogens (tertiary/aromatic N) is 1. The van der Waals surface area contributed by atoms with Crippen molar-refractivity contribution >= 4 is 15.9 Å². The first kappa shape index (κ1) is 21.9. The van der Waals surface area contributed by atoms with E-state index in [9.17, 15) is 13.2 Å². The number of sulfonamides is 1. The summed E-state index contributed by atoms with van der Waals surface area (Å²) in [5.41, 5.74) is 1.10. The highest BCUT2D eigenvalue weighted by atomic mass is 32.2. The van der Waals surface area contributed by atoms with Gasteiger partial charge in [0.25, 0.3) is 5.91 Å². The summed E-state index contributed by atoms with van der Waals surface area (Å²) < 4.78 is 30.8. The minimum atomic E-state index is -3.53. The summed E-state index contributed by atoms with van der Waals surface area (Å²) in [6.07, 6.45) is 0. The summed E-state index contributed by atoms with van der Waals surface area (Å²) >= 11 is 0. The third kappa shape index (κ3) is 4.91. The lowest BCUT2D eigenvalue weighted by molar-refractivity contribution is 0.0901. The monoisotopic (exact) mass is 404 g/mol. The molecule has 7 heteroatoms. The van der Waals surface area contributed by atoms with Gasteiger partial charge in [-0.05, 0) is 47.4 Å². The topological polar surface area (TPSA) is 75.7 Å². The molecule has 28 heavy (non-hydrogen) atoms. The van der Waals surface area contributed by atoms with Gasteiger partial charge in [0.05, 0.1) is 18.0 Å². The van der Waals surface area contributed by atoms with Crippen LogP contribution in [0.1, 0.15) is 42.7 Å². The fourth-order valence-electron chi connectivity index (χ4n) is 2.82. The summed E-state index contributed by atoms with van der Waals surface area (Å²) in [6, 6.07) is 13.3. The molecule has 2 aromatic carbocycles. The molecule has 0 spiro atoms. The van der Waals surface area contributed by atoms with Crippen molar-refractivity contribution in [2.24, 2.45) is 5.41 Å². The van der Waals surface area contributed by atoms with Crippen LogP contribution >= 0.6 is 0 Å². The van der Waals surface area contributed by atoms with Crippen molar-refractivity contribution in [3.63, 3.8) is 0 Å². The number of hydrogen-bond donors (Lipinski definition) is 1. The Labute approximate surface area is 167 Å². The number of carbonyl (C=O) groups is 1. The van der Waals surface area contributed by atoms with E-state index in [1.54, 1.807) is 7.11 Å². The van der Waals surface area contributed by atoms with E-state index in [1.807, 2.05) is 45.0 Å². The molecular weight excluding hydrogens is 376 g/mol. The van der Waals surface area contributed by atoms with Crippen LogP contribution in [0.25, 0.3) is 0 Å². The molecule has 0 aliphatic carbocycles. The third-order valence-corrected chi connectivity index (χ3v) is 6.29. The van der Waals surface area contributed by atoms with Crippen LogP contribution in [-0.2, 0) is 10.0 Å². The maximum Gasteiger partial charge on any atom is 0.251 e. The first-order valence-corrected chi connectivity index (χ1v) is 10.4. The molecule has 0 aliphatic heterocycles. The third-order valence-electron chi connectivity index (χ3n) is 4.46. The highest BCUT2D eigenvalue weighted by Gasteiger charge is 2.28. The molecule has 0 heterocycles. The van der Waals surface area contributed by atoms with Gasteiger partial charge < -0.3 is 10.1 Å². The lowest BCUT2D eigenvalue weighted by Gasteiger charge is -2.32. The van der Waals surface area contributed by atoms with E-state index in [0.717, 1.165) is 15.6 Å². The first-order valence-electron chi connectivity index (χ1n) is 8.94. The van der Waals surface area contributed by atoms with Crippen molar-refractivity contribution in [1.29, 1.82) is 0 Å². The predicted molar refractivity (Wildman–Crippen MR) is 110 cm³/mol. The quantitative estimate of drug-likeness (QED) is 0.800. The first-order chi connectivity index (χ1) is 13.0. The van der Waals surface area contributed by atoms with Crippen molar-refractivity contribution < 1.29 is 17.9 Å². The van der Waals surface area contributed by atoms with Crippen molar-refractivity contribution in [2.45, 2.75) is 31.7 Å². The van der Waals surface area contributed by atoms with Crippen LogP contribution in [0.4, 0.5) is 0 Å². The van der Waals surface area contributed by atoms with Gasteiger partial charge in [0, 0.05) is 19.7 Å². The summed E-state index contributed by atoms with van der Waals surface area (Å²) in [6.45, 7) is 6.14. The smallest absolute Gasteiger partial charge is 0.251 e. The maximum atomic E-state index is 12.8. The average molecular weight is 405 g/mol. The molecule has 0 saturated heterocycles. The predicted octanol–water partition coefficient (Wildman–Crippen LogP) is 3.46. The normalized spacial score (nSPS) is 13.2. The number of amides is 1. The van der Waals surface area contributed by atoms with Crippen molar-refractivity contribution in [3.05, 3.63) is 59.7 Å². The average Bonchev–Trinajstić information content (AvgIpc) is 2.65. The van der Waals surface area contributed by atoms with Gasteiger partial charge in [-0.2, -0.15) is 0 Å². The molecule has 0 aliphatic rings. The van der Waals surface area contributed by atoms with E-state index in [1.165, 1.54) is 38.4 Å². The zero-order valence-corrected chi connectivity index (χ0v) is 18.0. The van der Waals surface area contributed by atoms with E-state index < -0.39 is 10.0 Å². The molecule has 6 nitrogen and oxygen atoms in total. The molecule has 0 bridgehead atoms. The molecule has 0 unspecified atom stereocenters. The standard InChI is InChI=1S/C21H28N2O4S/c1-21(2,3)19(16-8-7-9-17(14-16)27-6)22-20(24)15-10-12-18(13-11-15)28(25,26)23(4)5/h7-14,19H,1-6H3,(H,22,24)/t19-/m0/s1. The molecule has 0 radical (unpaired) electrons. The van der Waals surface area contributed by atoms with Crippen LogP contribution in [0.5, 0.6) is 5.75 Å². The van der Waals surface area contributed by atoms with Crippen molar-refractivity contribution in [1.82, 2.24) is 9.62 Å². The van der Waals surface area contributed by atoms with E-state index in [4.69, 9.17) is 4.74 Å². The van der Waals surface area contributed by atoms with Gasteiger partial charge in [0.15, 0.2) is 0 Å². The molecule has 1 amide bonds. The highest BCUT2D eigenvalue weighted by Crippen LogP contribution is 2.34. The van der Waals surface area contributed by atoms with Gasteiger partial charge in [-0.3, -0.25) is 4.79 Å². The molecule has 152 valence electrons. The Balaban J connectivity index is 2.29. The fourth-order valence-corrected chi connectivity index (χ4v) is 3.73. The minimum absolute atomic E-state index is 0.147. The van der Waals surface area contributed by atoms with Crippen LogP contribution in [0.2, 0.25) is 0 Å². The molecule has 2 rings (SSSR count). The van der Waals surface area contributed by atoms with Gasteiger partial charge in [-0.15, -0.1) is 0 Å². The van der Waals surface area contributed by atoms with Crippen LogP contribution in [0.3, 0.4) is 0 Å². The van der Waals surface area contributed by atoms with Gasteiger partial charge in [0.2, 0.25) is 10.0 Å². The Morgan fingerprint density at radius 1 is 1.07 bits per heavy atom. The number of methoxy groups -OCH3 is 1. The van der Waals surface area contributed by atoms with Crippen LogP contribution in [-0.4, -0.2) is 39.8 Å². The molecule has 2 aromatic rings. The summed E-state index contributed by atoms with van der Waals surface area (Å²) in [7, 11) is 1.02. The van der Waals surface area contributed by atoms with E-state index >= 15 is 0 Å². The van der Waals surface area contributed by atoms with Crippen LogP contribution < -0.4 is 10.1 Å². The van der Waals surface area contributed by atoms with Gasteiger partial charge in [-0.1, -0.05) is 32.9 Å². The summed E-state index contributed by atoms with van der Waals surface area (Å²) in [4.78, 5) is 13.0. The van der Waals surface area contributed by atoms with Crippen LogP contribution in [0, 0.1) is 5.41 Å². The molecular formula is C21H28N2O4S. The second kappa shape index (κ2) is 8.32. The van der Waals surface area contributed by atoms with Gasteiger partial charge in [-0.25, -0.2) is 12.7 Å². The number of ether oxygens (including phenoxy) is 1. The lowest BCUT2D eigenvalue weighted by atomic mass is 9.82. The summed E-state index contributed by atoms with van der Waals surface area (Å²) in [5.74, 6) is 0.454. The molecule has 0 fully saturated rings. The number of nitrogens with one attached hydrogen (secondary N) is 1. The van der Waals surface area contributed by atoms with Gasteiger partial charge >= 0.3 is 0 Å². The van der Waals surface area contributed by atoms with Crippen molar-refractivity contribution in [3.8, 4) is 5.75 Å².